The fraction of sp³-hybridized carbons (Fsp3) is 0.154. The number of nitrogens with zero attached hydrogens (tertiary/aromatic N) is 1. The van der Waals surface area contributed by atoms with Gasteiger partial charge in [-0.15, -0.1) is 0 Å². The third-order valence-corrected chi connectivity index (χ3v) is 2.95. The molecular weight excluding hydrogens is 270 g/mol. The van der Waals surface area contributed by atoms with Crippen LogP contribution in [0, 0.1) is 15.7 Å². The fourth-order valence-electron chi connectivity index (χ4n) is 2.23. The topological polar surface area (TPSA) is 102 Å². The van der Waals surface area contributed by atoms with Gasteiger partial charge in [-0.05, 0) is 18.6 Å². The van der Waals surface area contributed by atoms with Gasteiger partial charge in [0.1, 0.15) is 0 Å². The van der Waals surface area contributed by atoms with Crippen molar-refractivity contribution in [1.82, 2.24) is 0 Å². The van der Waals surface area contributed by atoms with Crippen LogP contribution in [0.2, 0.25) is 0 Å². The van der Waals surface area contributed by atoms with Crippen molar-refractivity contribution in [3.8, 4) is 0 Å². The number of rotatable bonds is 0. The largest absolute Gasteiger partial charge is 0.259 e. The van der Waals surface area contributed by atoms with Crippen molar-refractivity contribution in [3.63, 3.8) is 0 Å². The summed E-state index contributed by atoms with van der Waals surface area (Å²) in [6.07, 6.45) is 17.0. The summed E-state index contributed by atoms with van der Waals surface area (Å²) in [7, 11) is -4.69. The molecule has 0 aromatic carbocycles. The van der Waals surface area contributed by atoms with Crippen molar-refractivity contribution in [3.05, 3.63) is 59.9 Å². The van der Waals surface area contributed by atoms with Gasteiger partial charge < -0.3 is 0 Å². The number of aliphatic imine (C=N–C) groups is 1. The van der Waals surface area contributed by atoms with E-state index in [2.05, 4.69) is 54.4 Å². The Morgan fingerprint density at radius 3 is 2.53 bits per heavy atom. The maximum Gasteiger partial charge on any atom is 0.0777 e. The Morgan fingerprint density at radius 1 is 1.16 bits per heavy atom. The zero-order valence-electron chi connectivity index (χ0n) is 10.1. The van der Waals surface area contributed by atoms with Gasteiger partial charge in [0.05, 0.1) is 26.0 Å². The molecule has 1 N–H and O–H groups in total. The lowest BCUT2D eigenvalue weighted by molar-refractivity contribution is -1.92. The Kier molecular flexibility index (Phi) is 3.58. The molecule has 0 saturated heterocycles. The monoisotopic (exact) mass is 281 g/mol. The van der Waals surface area contributed by atoms with Crippen molar-refractivity contribution < 1.29 is 28.9 Å². The minimum atomic E-state index is -4.69. The second-order valence-electron chi connectivity index (χ2n) is 4.30. The van der Waals surface area contributed by atoms with Gasteiger partial charge >= 0.3 is 0 Å². The van der Waals surface area contributed by atoms with Crippen LogP contribution < -0.4 is 14.0 Å². The highest BCUT2D eigenvalue weighted by atomic mass is 35.7. The maximum atomic E-state index is 8.60. The Morgan fingerprint density at radius 2 is 1.84 bits per heavy atom. The molecular formula is C13H12ClNO4. The minimum Gasteiger partial charge on any atom is -0.259 e. The quantitative estimate of drug-likeness (QED) is 0.604. The molecule has 2 aliphatic carbocycles. The molecule has 6 heteroatoms. The molecule has 100 valence electrons. The highest BCUT2D eigenvalue weighted by Gasteiger charge is 2.38. The van der Waals surface area contributed by atoms with E-state index in [4.69, 9.17) is 18.6 Å². The first-order valence-corrected chi connectivity index (χ1v) is 6.73. The SMILES string of the molecule is CC1=CC23C=CC=CC2=CN=C3C=C1.[O-][Cl+3]([O-])([O-])O. The number of halogens is 1. The van der Waals surface area contributed by atoms with Gasteiger partial charge in [0, 0.05) is 6.20 Å². The summed E-state index contributed by atoms with van der Waals surface area (Å²) in [6, 6.07) is 0. The molecule has 0 bridgehead atoms. The summed E-state index contributed by atoms with van der Waals surface area (Å²) in [4.78, 5) is 4.45. The average molecular weight is 282 g/mol. The molecule has 5 nitrogen and oxygen atoms in total. The van der Waals surface area contributed by atoms with Crippen molar-refractivity contribution in [2.45, 2.75) is 6.92 Å². The summed E-state index contributed by atoms with van der Waals surface area (Å²) in [5.74, 6) is 0. The molecule has 3 rings (SSSR count). The minimum absolute atomic E-state index is 0.0480. The lowest BCUT2D eigenvalue weighted by atomic mass is 9.72. The van der Waals surface area contributed by atoms with Crippen LogP contribution in [0.3, 0.4) is 0 Å². The summed E-state index contributed by atoms with van der Waals surface area (Å²) in [5.41, 5.74) is 3.67. The number of hydrogen-bond donors (Lipinski definition) is 1. The predicted octanol–water partition coefficient (Wildman–Crippen LogP) is -1.17. The van der Waals surface area contributed by atoms with Crippen LogP contribution in [0.4, 0.5) is 0 Å². The van der Waals surface area contributed by atoms with Gasteiger partial charge in [-0.25, -0.2) is 0 Å². The highest BCUT2D eigenvalue weighted by molar-refractivity contribution is 6.09. The number of allylic oxidation sites excluding steroid dienone is 9. The zero-order chi connectivity index (χ0) is 14.1. The Balaban J connectivity index is 0.000000232. The van der Waals surface area contributed by atoms with E-state index in [-0.39, 0.29) is 5.41 Å². The van der Waals surface area contributed by atoms with E-state index >= 15 is 0 Å². The average Bonchev–Trinajstić information content (AvgIpc) is 2.64. The van der Waals surface area contributed by atoms with Crippen molar-refractivity contribution in [1.29, 1.82) is 0 Å². The van der Waals surface area contributed by atoms with Crippen molar-refractivity contribution in [2.24, 2.45) is 10.4 Å². The zero-order valence-corrected chi connectivity index (χ0v) is 10.9. The van der Waals surface area contributed by atoms with Crippen LogP contribution in [-0.4, -0.2) is 10.4 Å². The molecule has 0 amide bonds. The lowest BCUT2D eigenvalue weighted by Gasteiger charge is -2.29. The molecule has 0 fully saturated rings. The third kappa shape index (κ3) is 3.09. The molecule has 3 aliphatic rings. The first-order valence-electron chi connectivity index (χ1n) is 5.47. The predicted molar refractivity (Wildman–Crippen MR) is 61.3 cm³/mol. The van der Waals surface area contributed by atoms with E-state index in [0.29, 0.717) is 0 Å². The Hall–Kier alpha value is -1.50. The van der Waals surface area contributed by atoms with E-state index < -0.39 is 10.2 Å². The Bertz CT molecular complexity index is 544. The molecule has 19 heavy (non-hydrogen) atoms. The highest BCUT2D eigenvalue weighted by Crippen LogP contribution is 2.43. The summed E-state index contributed by atoms with van der Waals surface area (Å²) < 4.78 is 32.7. The van der Waals surface area contributed by atoms with Gasteiger partial charge in [-0.2, -0.15) is 14.0 Å². The third-order valence-electron chi connectivity index (χ3n) is 2.95. The fourth-order valence-corrected chi connectivity index (χ4v) is 2.23. The van der Waals surface area contributed by atoms with E-state index in [0.717, 1.165) is 5.71 Å². The van der Waals surface area contributed by atoms with E-state index in [9.17, 15) is 0 Å². The molecule has 1 aliphatic heterocycles. The summed E-state index contributed by atoms with van der Waals surface area (Å²) in [5, 5.41) is 0. The van der Waals surface area contributed by atoms with Crippen LogP contribution in [0.5, 0.6) is 0 Å². The molecule has 1 unspecified atom stereocenters. The molecule has 0 aromatic heterocycles. The molecule has 1 spiro atoms. The molecule has 0 saturated carbocycles. The van der Waals surface area contributed by atoms with Gasteiger partial charge in [0.2, 0.25) is 0 Å². The van der Waals surface area contributed by atoms with Crippen LogP contribution in [0.15, 0.2) is 64.9 Å². The van der Waals surface area contributed by atoms with Gasteiger partial charge in [-0.1, -0.05) is 42.0 Å². The molecule has 0 aromatic rings. The second kappa shape index (κ2) is 4.88. The Labute approximate surface area is 112 Å². The smallest absolute Gasteiger partial charge is 0.0777 e. The standard InChI is InChI=1S/C13H11N.ClHO4/c1-10-5-6-12-13(8-10)7-3-2-4-11(13)9-14-12;2-1(3,4)5/h2-9H,1H3;(H,2,3,4,5). The lowest BCUT2D eigenvalue weighted by Crippen LogP contribution is -2.58. The second-order valence-corrected chi connectivity index (χ2v) is 5.10. The van der Waals surface area contributed by atoms with Gasteiger partial charge in [-0.3, -0.25) is 4.99 Å². The van der Waals surface area contributed by atoms with E-state index in [1.165, 1.54) is 11.1 Å². The van der Waals surface area contributed by atoms with Crippen LogP contribution in [0.1, 0.15) is 6.92 Å². The van der Waals surface area contributed by atoms with Crippen LogP contribution in [0.25, 0.3) is 0 Å². The van der Waals surface area contributed by atoms with Gasteiger partial charge in [0.25, 0.3) is 0 Å². The first kappa shape index (κ1) is 13.9. The van der Waals surface area contributed by atoms with Crippen LogP contribution >= 0.6 is 0 Å². The first-order chi connectivity index (χ1) is 8.81. The van der Waals surface area contributed by atoms with E-state index in [1.807, 2.05) is 6.20 Å². The van der Waals surface area contributed by atoms with Crippen molar-refractivity contribution in [2.75, 3.05) is 0 Å². The van der Waals surface area contributed by atoms with Gasteiger partial charge in [0.15, 0.2) is 0 Å². The van der Waals surface area contributed by atoms with E-state index in [1.54, 1.807) is 0 Å². The normalized spacial score (nSPS) is 26.7. The van der Waals surface area contributed by atoms with Crippen LogP contribution in [-0.2, 0) is 0 Å². The number of hydrogen-bond acceptors (Lipinski definition) is 5. The summed E-state index contributed by atoms with van der Waals surface area (Å²) >= 11 is 0. The molecule has 1 heterocycles. The maximum absolute atomic E-state index is 8.60. The van der Waals surface area contributed by atoms with Crippen molar-refractivity contribution >= 4 is 5.71 Å². The molecule has 1 atom stereocenters. The summed E-state index contributed by atoms with van der Waals surface area (Å²) in [6.45, 7) is 2.13. The molecule has 0 radical (unpaired) electrons.